The summed E-state index contributed by atoms with van der Waals surface area (Å²) in [7, 11) is 0. The van der Waals surface area contributed by atoms with Crippen LogP contribution in [0.2, 0.25) is 0 Å². The summed E-state index contributed by atoms with van der Waals surface area (Å²) in [6, 6.07) is 14.0. The number of nitrogens with zero attached hydrogens (tertiary/aromatic N) is 3. The van der Waals surface area contributed by atoms with Crippen molar-refractivity contribution >= 4 is 48.1 Å². The van der Waals surface area contributed by atoms with Gasteiger partial charge in [-0.3, -0.25) is 4.79 Å². The molecule has 5 nitrogen and oxygen atoms in total. The van der Waals surface area contributed by atoms with E-state index < -0.39 is 0 Å². The number of carbonyl (C=O) groups is 1. The molecular weight excluding hydrogens is 415 g/mol. The maximum Gasteiger partial charge on any atom is 0.254 e. The van der Waals surface area contributed by atoms with Gasteiger partial charge in [0, 0.05) is 47.7 Å². The van der Waals surface area contributed by atoms with Crippen molar-refractivity contribution in [2.45, 2.75) is 29.5 Å². The van der Waals surface area contributed by atoms with Gasteiger partial charge in [0.1, 0.15) is 5.65 Å². The first kappa shape index (κ1) is 22.6. The number of aromatic nitrogens is 2. The fourth-order valence-electron chi connectivity index (χ4n) is 3.42. The number of amides is 1. The minimum absolute atomic E-state index is 0. The van der Waals surface area contributed by atoms with Crippen molar-refractivity contribution in [3.63, 3.8) is 0 Å². The van der Waals surface area contributed by atoms with Gasteiger partial charge in [-0.25, -0.2) is 4.98 Å². The lowest BCUT2D eigenvalue weighted by Gasteiger charge is -2.23. The summed E-state index contributed by atoms with van der Waals surface area (Å²) in [6.45, 7) is 1.35. The zero-order chi connectivity index (χ0) is 17.9. The Bertz CT molecular complexity index is 883. The molecule has 3 aromatic rings. The van der Waals surface area contributed by atoms with Gasteiger partial charge in [-0.15, -0.1) is 36.6 Å². The van der Waals surface area contributed by atoms with Gasteiger partial charge >= 0.3 is 0 Å². The SMILES string of the molecule is Cl.Cl.NCC1CCCN1C(=O)c1ccc(SCc2cn3ccccc3n2)cc1. The maximum absolute atomic E-state index is 12.7. The Labute approximate surface area is 181 Å². The molecule has 2 N–H and O–H groups in total. The van der Waals surface area contributed by atoms with Gasteiger partial charge < -0.3 is 15.0 Å². The first-order chi connectivity index (χ1) is 12.7. The summed E-state index contributed by atoms with van der Waals surface area (Å²) < 4.78 is 2.03. The Balaban J connectivity index is 0.00000140. The maximum atomic E-state index is 12.7. The molecule has 28 heavy (non-hydrogen) atoms. The van der Waals surface area contributed by atoms with E-state index in [1.165, 1.54) is 0 Å². The first-order valence-corrected chi connectivity index (χ1v) is 9.89. The summed E-state index contributed by atoms with van der Waals surface area (Å²) in [6.07, 6.45) is 6.11. The van der Waals surface area contributed by atoms with Crippen LogP contribution >= 0.6 is 36.6 Å². The second kappa shape index (κ2) is 10.2. The predicted molar refractivity (Wildman–Crippen MR) is 119 cm³/mol. The summed E-state index contributed by atoms with van der Waals surface area (Å²) in [4.78, 5) is 20.3. The number of imidazole rings is 1. The van der Waals surface area contributed by atoms with Crippen LogP contribution in [0.4, 0.5) is 0 Å². The number of rotatable bonds is 5. The molecule has 2 aromatic heterocycles. The van der Waals surface area contributed by atoms with Gasteiger partial charge in [0.2, 0.25) is 0 Å². The van der Waals surface area contributed by atoms with E-state index in [4.69, 9.17) is 5.73 Å². The molecule has 1 saturated heterocycles. The monoisotopic (exact) mass is 438 g/mol. The molecule has 0 saturated carbocycles. The Morgan fingerprint density at radius 1 is 1.18 bits per heavy atom. The molecule has 8 heteroatoms. The van der Waals surface area contributed by atoms with Crippen LogP contribution in [0.25, 0.3) is 5.65 Å². The van der Waals surface area contributed by atoms with E-state index >= 15 is 0 Å². The number of benzene rings is 1. The van der Waals surface area contributed by atoms with E-state index in [9.17, 15) is 4.79 Å². The Morgan fingerprint density at radius 3 is 2.68 bits per heavy atom. The summed E-state index contributed by atoms with van der Waals surface area (Å²) in [5.74, 6) is 0.894. The van der Waals surface area contributed by atoms with Crippen LogP contribution in [0.3, 0.4) is 0 Å². The van der Waals surface area contributed by atoms with Gasteiger partial charge in [0.05, 0.1) is 5.69 Å². The molecule has 150 valence electrons. The van der Waals surface area contributed by atoms with Crippen molar-refractivity contribution < 1.29 is 4.79 Å². The number of hydrogen-bond donors (Lipinski definition) is 1. The number of carbonyl (C=O) groups excluding carboxylic acids is 1. The van der Waals surface area contributed by atoms with Crippen LogP contribution in [0.15, 0.2) is 59.8 Å². The number of likely N-dealkylation sites (tertiary alicyclic amines) is 1. The third-order valence-corrected chi connectivity index (χ3v) is 5.86. The molecule has 1 aromatic carbocycles. The molecule has 1 fully saturated rings. The number of halogens is 2. The third kappa shape index (κ3) is 4.81. The highest BCUT2D eigenvalue weighted by molar-refractivity contribution is 7.98. The average molecular weight is 439 g/mol. The van der Waals surface area contributed by atoms with Crippen LogP contribution < -0.4 is 5.73 Å². The van der Waals surface area contributed by atoms with Crippen molar-refractivity contribution in [2.75, 3.05) is 13.1 Å². The van der Waals surface area contributed by atoms with Crippen molar-refractivity contribution in [3.8, 4) is 0 Å². The number of pyridine rings is 1. The first-order valence-electron chi connectivity index (χ1n) is 8.91. The predicted octanol–water partition coefficient (Wildman–Crippen LogP) is 4.03. The molecule has 0 radical (unpaired) electrons. The number of fused-ring (bicyclic) bond motifs is 1. The quantitative estimate of drug-likeness (QED) is 0.610. The minimum atomic E-state index is 0. The highest BCUT2D eigenvalue weighted by Crippen LogP contribution is 2.25. The van der Waals surface area contributed by atoms with Crippen molar-refractivity contribution in [3.05, 3.63) is 66.1 Å². The molecule has 0 bridgehead atoms. The fourth-order valence-corrected chi connectivity index (χ4v) is 4.20. The number of hydrogen-bond acceptors (Lipinski definition) is 4. The standard InChI is InChI=1S/C20H22N4OS.2ClH/c21-12-17-4-3-11-24(17)20(25)15-6-8-18(9-7-15)26-14-16-13-23-10-2-1-5-19(23)22-16;;/h1-2,5-10,13,17H,3-4,11-12,14,21H2;2*1H. The summed E-state index contributed by atoms with van der Waals surface area (Å²) >= 11 is 1.73. The number of nitrogens with two attached hydrogens (primary N) is 1. The van der Waals surface area contributed by atoms with Gasteiger partial charge in [0.25, 0.3) is 5.91 Å². The van der Waals surface area contributed by atoms with Crippen LogP contribution in [-0.2, 0) is 5.75 Å². The molecule has 1 aliphatic heterocycles. The third-order valence-electron chi connectivity index (χ3n) is 4.81. The molecule has 1 amide bonds. The van der Waals surface area contributed by atoms with Gasteiger partial charge in [-0.05, 0) is 49.2 Å². The molecule has 4 rings (SSSR count). The smallest absolute Gasteiger partial charge is 0.254 e. The van der Waals surface area contributed by atoms with E-state index in [2.05, 4.69) is 11.2 Å². The van der Waals surface area contributed by atoms with Crippen LogP contribution in [0, 0.1) is 0 Å². The van der Waals surface area contributed by atoms with Crippen LogP contribution in [0.1, 0.15) is 28.9 Å². The van der Waals surface area contributed by atoms with Crippen LogP contribution in [-0.4, -0.2) is 39.3 Å². The second-order valence-corrected chi connectivity index (χ2v) is 7.59. The van der Waals surface area contributed by atoms with E-state index in [0.29, 0.717) is 6.54 Å². The van der Waals surface area contributed by atoms with Crippen molar-refractivity contribution in [2.24, 2.45) is 5.73 Å². The Morgan fingerprint density at radius 2 is 1.96 bits per heavy atom. The Kier molecular flexibility index (Phi) is 8.19. The lowest BCUT2D eigenvalue weighted by molar-refractivity contribution is 0.0741. The molecule has 0 spiro atoms. The van der Waals surface area contributed by atoms with E-state index in [1.807, 2.05) is 58.0 Å². The van der Waals surface area contributed by atoms with Crippen molar-refractivity contribution in [1.82, 2.24) is 14.3 Å². The summed E-state index contributed by atoms with van der Waals surface area (Å²) in [5, 5.41) is 0. The fraction of sp³-hybridized carbons (Fsp3) is 0.300. The Hall–Kier alpha value is -1.73. The molecule has 3 heterocycles. The molecule has 1 aliphatic rings. The highest BCUT2D eigenvalue weighted by Gasteiger charge is 2.28. The van der Waals surface area contributed by atoms with E-state index in [1.54, 1.807) is 11.8 Å². The van der Waals surface area contributed by atoms with E-state index in [0.717, 1.165) is 46.9 Å². The molecule has 1 unspecified atom stereocenters. The van der Waals surface area contributed by atoms with Gasteiger partial charge in [-0.1, -0.05) is 6.07 Å². The number of thioether (sulfide) groups is 1. The summed E-state index contributed by atoms with van der Waals surface area (Å²) in [5.41, 5.74) is 8.53. The minimum Gasteiger partial charge on any atom is -0.334 e. The molecular formula is C20H24Cl2N4OS. The normalized spacial score (nSPS) is 15.9. The second-order valence-electron chi connectivity index (χ2n) is 6.54. The lowest BCUT2D eigenvalue weighted by atomic mass is 10.1. The van der Waals surface area contributed by atoms with Gasteiger partial charge in [0.15, 0.2) is 0 Å². The molecule has 1 atom stereocenters. The largest absolute Gasteiger partial charge is 0.334 e. The zero-order valence-electron chi connectivity index (χ0n) is 15.4. The highest BCUT2D eigenvalue weighted by atomic mass is 35.5. The van der Waals surface area contributed by atoms with Crippen LogP contribution in [0.5, 0.6) is 0 Å². The van der Waals surface area contributed by atoms with E-state index in [-0.39, 0.29) is 36.8 Å². The van der Waals surface area contributed by atoms with Crippen molar-refractivity contribution in [1.29, 1.82) is 0 Å². The van der Waals surface area contributed by atoms with Gasteiger partial charge in [-0.2, -0.15) is 0 Å². The zero-order valence-corrected chi connectivity index (χ0v) is 17.8. The average Bonchev–Trinajstić information content (AvgIpc) is 3.32. The lowest BCUT2D eigenvalue weighted by Crippen LogP contribution is -2.39. The molecule has 0 aliphatic carbocycles. The topological polar surface area (TPSA) is 63.6 Å².